The summed E-state index contributed by atoms with van der Waals surface area (Å²) >= 11 is 0. The molecule has 2 N–H and O–H groups in total. The highest BCUT2D eigenvalue weighted by Gasteiger charge is 2.23. The molecule has 0 heterocycles. The Morgan fingerprint density at radius 3 is 2.06 bits per heavy atom. The summed E-state index contributed by atoms with van der Waals surface area (Å²) in [6.45, 7) is 1.67. The molecule has 0 aliphatic heterocycles. The monoisotopic (exact) mass is 226 g/mol. The molecule has 0 bridgehead atoms. The first-order chi connectivity index (χ1) is 7.65. The molecule has 0 saturated carbocycles. The minimum Gasteiger partial charge on any atom is -0.496 e. The van der Waals surface area contributed by atoms with E-state index in [1.807, 2.05) is 0 Å². The molecule has 0 aliphatic carbocycles. The van der Waals surface area contributed by atoms with Gasteiger partial charge in [-0.3, -0.25) is 0 Å². The van der Waals surface area contributed by atoms with Gasteiger partial charge in [0, 0.05) is 12.5 Å². The van der Waals surface area contributed by atoms with E-state index in [1.54, 1.807) is 25.1 Å². The third-order valence-electron chi connectivity index (χ3n) is 2.59. The number of hydrogen-bond acceptors (Lipinski definition) is 4. The van der Waals surface area contributed by atoms with E-state index in [0.717, 1.165) is 0 Å². The van der Waals surface area contributed by atoms with Gasteiger partial charge in [0.2, 0.25) is 0 Å². The van der Waals surface area contributed by atoms with Gasteiger partial charge in [0.1, 0.15) is 11.5 Å². The summed E-state index contributed by atoms with van der Waals surface area (Å²) in [6, 6.07) is 5.30. The summed E-state index contributed by atoms with van der Waals surface area (Å²) in [7, 11) is 3.07. The van der Waals surface area contributed by atoms with Crippen LogP contribution in [0.25, 0.3) is 0 Å². The van der Waals surface area contributed by atoms with E-state index in [2.05, 4.69) is 0 Å². The Bertz CT molecular complexity index is 316. The van der Waals surface area contributed by atoms with Crippen LogP contribution in [0.1, 0.15) is 18.6 Å². The SMILES string of the molecule is COc1cccc(OC)c1[C@H](O)[C@H](C)CO. The highest BCUT2D eigenvalue weighted by atomic mass is 16.5. The Labute approximate surface area is 95.4 Å². The third kappa shape index (κ3) is 2.46. The van der Waals surface area contributed by atoms with Gasteiger partial charge in [-0.15, -0.1) is 0 Å². The lowest BCUT2D eigenvalue weighted by molar-refractivity contribution is 0.0729. The zero-order valence-electron chi connectivity index (χ0n) is 9.80. The molecule has 4 nitrogen and oxygen atoms in total. The number of rotatable bonds is 5. The van der Waals surface area contributed by atoms with Gasteiger partial charge < -0.3 is 19.7 Å². The normalized spacial score (nSPS) is 14.3. The van der Waals surface area contributed by atoms with Gasteiger partial charge in [-0.25, -0.2) is 0 Å². The van der Waals surface area contributed by atoms with Crippen LogP contribution in [0, 0.1) is 5.92 Å². The fourth-order valence-electron chi connectivity index (χ4n) is 1.56. The second-order valence-corrected chi connectivity index (χ2v) is 3.68. The maximum Gasteiger partial charge on any atom is 0.128 e. The smallest absolute Gasteiger partial charge is 0.128 e. The molecule has 2 atom stereocenters. The van der Waals surface area contributed by atoms with Gasteiger partial charge in [-0.2, -0.15) is 0 Å². The number of aliphatic hydroxyl groups is 2. The topological polar surface area (TPSA) is 58.9 Å². The number of benzene rings is 1. The molecule has 0 radical (unpaired) electrons. The number of aliphatic hydroxyl groups excluding tert-OH is 2. The van der Waals surface area contributed by atoms with E-state index in [4.69, 9.17) is 14.6 Å². The summed E-state index contributed by atoms with van der Waals surface area (Å²) < 4.78 is 10.4. The Hall–Kier alpha value is -1.26. The van der Waals surface area contributed by atoms with Crippen LogP contribution in [0.5, 0.6) is 11.5 Å². The number of ether oxygens (including phenoxy) is 2. The molecule has 0 fully saturated rings. The summed E-state index contributed by atoms with van der Waals surface area (Å²) in [6.07, 6.45) is -0.809. The van der Waals surface area contributed by atoms with Gasteiger partial charge in [0.15, 0.2) is 0 Å². The zero-order valence-corrected chi connectivity index (χ0v) is 9.80. The predicted molar refractivity (Wildman–Crippen MR) is 60.8 cm³/mol. The Morgan fingerprint density at radius 2 is 1.69 bits per heavy atom. The predicted octanol–water partition coefficient (Wildman–Crippen LogP) is 1.37. The molecule has 0 aromatic heterocycles. The van der Waals surface area contributed by atoms with Crippen LogP contribution in [-0.4, -0.2) is 31.0 Å². The number of methoxy groups -OCH3 is 2. The van der Waals surface area contributed by atoms with Gasteiger partial charge in [0.25, 0.3) is 0 Å². The van der Waals surface area contributed by atoms with Crippen molar-refractivity contribution in [2.24, 2.45) is 5.92 Å². The van der Waals surface area contributed by atoms with Gasteiger partial charge in [-0.1, -0.05) is 13.0 Å². The molecule has 1 aromatic rings. The van der Waals surface area contributed by atoms with E-state index in [-0.39, 0.29) is 12.5 Å². The van der Waals surface area contributed by atoms with E-state index < -0.39 is 6.10 Å². The molecule has 0 spiro atoms. The van der Waals surface area contributed by atoms with Crippen molar-refractivity contribution in [2.45, 2.75) is 13.0 Å². The van der Waals surface area contributed by atoms with Crippen LogP contribution in [0.15, 0.2) is 18.2 Å². The van der Waals surface area contributed by atoms with Gasteiger partial charge in [-0.05, 0) is 12.1 Å². The first-order valence-electron chi connectivity index (χ1n) is 5.15. The van der Waals surface area contributed by atoms with E-state index >= 15 is 0 Å². The minimum atomic E-state index is -0.809. The first-order valence-corrected chi connectivity index (χ1v) is 5.15. The van der Waals surface area contributed by atoms with Crippen molar-refractivity contribution in [3.63, 3.8) is 0 Å². The van der Waals surface area contributed by atoms with Crippen molar-refractivity contribution in [1.29, 1.82) is 0 Å². The molecule has 1 aromatic carbocycles. The van der Waals surface area contributed by atoms with Crippen LogP contribution < -0.4 is 9.47 Å². The van der Waals surface area contributed by atoms with Crippen molar-refractivity contribution in [1.82, 2.24) is 0 Å². The lowest BCUT2D eigenvalue weighted by Gasteiger charge is -2.21. The quantitative estimate of drug-likeness (QED) is 0.796. The van der Waals surface area contributed by atoms with Crippen molar-refractivity contribution in [3.05, 3.63) is 23.8 Å². The highest BCUT2D eigenvalue weighted by molar-refractivity contribution is 5.46. The van der Waals surface area contributed by atoms with Crippen molar-refractivity contribution < 1.29 is 19.7 Å². The Kier molecular flexibility index (Phi) is 4.58. The molecule has 4 heteroatoms. The molecule has 0 aliphatic rings. The largest absolute Gasteiger partial charge is 0.496 e. The molecule has 16 heavy (non-hydrogen) atoms. The number of hydrogen-bond donors (Lipinski definition) is 2. The molecule has 0 saturated heterocycles. The van der Waals surface area contributed by atoms with E-state index in [9.17, 15) is 5.11 Å². The van der Waals surface area contributed by atoms with Crippen molar-refractivity contribution in [3.8, 4) is 11.5 Å². The minimum absolute atomic E-state index is 0.0949. The molecule has 90 valence electrons. The van der Waals surface area contributed by atoms with Gasteiger partial charge in [0.05, 0.1) is 25.9 Å². The Balaban J connectivity index is 3.17. The van der Waals surface area contributed by atoms with Crippen LogP contribution in [0.4, 0.5) is 0 Å². The standard InChI is InChI=1S/C12H18O4/c1-8(7-13)12(14)11-9(15-2)5-4-6-10(11)16-3/h4-6,8,12-14H,7H2,1-3H3/t8-,12-/m1/s1. The average Bonchev–Trinajstić information content (AvgIpc) is 2.35. The fraction of sp³-hybridized carbons (Fsp3) is 0.500. The zero-order chi connectivity index (χ0) is 12.1. The third-order valence-corrected chi connectivity index (χ3v) is 2.59. The summed E-state index contributed by atoms with van der Waals surface area (Å²) in [4.78, 5) is 0. The van der Waals surface area contributed by atoms with Crippen LogP contribution in [0.2, 0.25) is 0 Å². The van der Waals surface area contributed by atoms with Crippen LogP contribution in [-0.2, 0) is 0 Å². The maximum atomic E-state index is 10.1. The van der Waals surface area contributed by atoms with Crippen LogP contribution >= 0.6 is 0 Å². The second-order valence-electron chi connectivity index (χ2n) is 3.68. The Morgan fingerprint density at radius 1 is 1.19 bits per heavy atom. The van der Waals surface area contributed by atoms with E-state index in [0.29, 0.717) is 17.1 Å². The fourth-order valence-corrected chi connectivity index (χ4v) is 1.56. The summed E-state index contributed by atoms with van der Waals surface area (Å²) in [5.41, 5.74) is 0.578. The molecule has 1 rings (SSSR count). The van der Waals surface area contributed by atoms with Crippen LogP contribution in [0.3, 0.4) is 0 Å². The highest BCUT2D eigenvalue weighted by Crippen LogP contribution is 2.37. The molecule has 0 amide bonds. The second kappa shape index (κ2) is 5.72. The van der Waals surface area contributed by atoms with E-state index in [1.165, 1.54) is 14.2 Å². The lowest BCUT2D eigenvalue weighted by atomic mass is 9.96. The van der Waals surface area contributed by atoms with Crippen molar-refractivity contribution in [2.75, 3.05) is 20.8 Å². The molecular weight excluding hydrogens is 208 g/mol. The van der Waals surface area contributed by atoms with Gasteiger partial charge >= 0.3 is 0 Å². The first kappa shape index (κ1) is 12.8. The molecular formula is C12H18O4. The van der Waals surface area contributed by atoms with Crippen molar-refractivity contribution >= 4 is 0 Å². The maximum absolute atomic E-state index is 10.1. The lowest BCUT2D eigenvalue weighted by Crippen LogP contribution is -2.14. The summed E-state index contributed by atoms with van der Waals surface area (Å²) in [5.74, 6) is 0.851. The summed E-state index contributed by atoms with van der Waals surface area (Å²) in [5, 5.41) is 19.1. The average molecular weight is 226 g/mol. The molecule has 0 unspecified atom stereocenters.